The van der Waals surface area contributed by atoms with Crippen LogP contribution < -0.4 is 21.2 Å². The van der Waals surface area contributed by atoms with Gasteiger partial charge in [-0.05, 0) is 21.9 Å². The Labute approximate surface area is 236 Å². The van der Waals surface area contributed by atoms with E-state index in [9.17, 15) is 0 Å². The van der Waals surface area contributed by atoms with Gasteiger partial charge in [-0.3, -0.25) is 0 Å². The summed E-state index contributed by atoms with van der Waals surface area (Å²) in [6.45, 7) is 0. The molecule has 0 heterocycles. The molecule has 6 aromatic rings. The zero-order chi connectivity index (χ0) is 27.4. The van der Waals surface area contributed by atoms with Crippen LogP contribution in [0.1, 0.15) is 11.1 Å². The summed E-state index contributed by atoms with van der Waals surface area (Å²) in [7, 11) is -6.01. The van der Waals surface area contributed by atoms with E-state index in [1.54, 1.807) is 0 Å². The summed E-state index contributed by atoms with van der Waals surface area (Å²) in [5, 5.41) is 5.48. The van der Waals surface area contributed by atoms with E-state index in [-0.39, 0.29) is 0 Å². The van der Waals surface area contributed by atoms with E-state index < -0.39 is 14.3 Å². The fourth-order valence-electron chi connectivity index (χ4n) is 5.58. The molecule has 6 aromatic carbocycles. The summed E-state index contributed by atoms with van der Waals surface area (Å²) in [6.07, 6.45) is 0.771. The molecule has 0 radical (unpaired) electrons. The predicted octanol–water partition coefficient (Wildman–Crippen LogP) is 7.87. The van der Waals surface area contributed by atoms with Gasteiger partial charge in [0.2, 0.25) is 0 Å². The van der Waals surface area contributed by atoms with Crippen molar-refractivity contribution < 1.29 is 9.13 Å². The molecule has 40 heavy (non-hydrogen) atoms. The van der Waals surface area contributed by atoms with Crippen molar-refractivity contribution >= 4 is 46.3 Å². The quantitative estimate of drug-likeness (QED) is 0.179. The van der Waals surface area contributed by atoms with E-state index in [0.29, 0.717) is 12.3 Å². The number of rotatable bonds is 8. The van der Waals surface area contributed by atoms with Gasteiger partial charge in [0.15, 0.2) is 0 Å². The molecule has 0 aromatic heterocycles. The average Bonchev–Trinajstić information content (AvgIpc) is 3.03. The topological polar surface area (TPSA) is 34.1 Å². The van der Waals surface area contributed by atoms with Gasteiger partial charge in [-0.25, -0.2) is 0 Å². The van der Waals surface area contributed by atoms with E-state index in [4.69, 9.17) is 0 Å². The molecule has 0 spiro atoms. The molecular formula is C36H30O2P2. The van der Waals surface area contributed by atoms with Crippen LogP contribution in [0, 0.1) is 0 Å². The number of fused-ring (bicyclic) bond motifs is 1. The molecule has 0 atom stereocenters. The molecular weight excluding hydrogens is 526 g/mol. The van der Waals surface area contributed by atoms with Gasteiger partial charge in [-0.2, -0.15) is 0 Å². The molecule has 0 aliphatic rings. The highest BCUT2D eigenvalue weighted by Gasteiger charge is 2.31. The van der Waals surface area contributed by atoms with Gasteiger partial charge in [0.25, 0.3) is 0 Å². The number of hydrogen-bond donors (Lipinski definition) is 0. The molecule has 0 N–H and O–H groups in total. The average molecular weight is 557 g/mol. The lowest BCUT2D eigenvalue weighted by atomic mass is 10.0. The minimum absolute atomic E-state index is 0.385. The molecule has 0 saturated heterocycles. The minimum atomic E-state index is -3.01. The molecule has 6 rings (SSSR count). The van der Waals surface area contributed by atoms with Crippen LogP contribution in [0.5, 0.6) is 0 Å². The van der Waals surface area contributed by atoms with Gasteiger partial charge in [0.05, 0.1) is 0 Å². The molecule has 0 aliphatic heterocycles. The monoisotopic (exact) mass is 556 g/mol. The van der Waals surface area contributed by atoms with Crippen molar-refractivity contribution in [3.8, 4) is 0 Å². The molecule has 4 heteroatoms. The molecule has 0 bridgehead atoms. The van der Waals surface area contributed by atoms with E-state index in [1.165, 1.54) is 0 Å². The second kappa shape index (κ2) is 11.3. The summed E-state index contributed by atoms with van der Waals surface area (Å²) in [5.74, 6) is 0. The Bertz CT molecular complexity index is 1610. The van der Waals surface area contributed by atoms with Crippen molar-refractivity contribution in [2.75, 3.05) is 0 Å². The van der Waals surface area contributed by atoms with Crippen molar-refractivity contribution in [2.24, 2.45) is 0 Å². The molecule has 0 unspecified atom stereocenters. The van der Waals surface area contributed by atoms with E-state index in [2.05, 4.69) is 24.3 Å². The predicted molar refractivity (Wildman–Crippen MR) is 171 cm³/mol. The van der Waals surface area contributed by atoms with Crippen LogP contribution >= 0.6 is 14.3 Å². The lowest BCUT2D eigenvalue weighted by Gasteiger charge is -2.23. The van der Waals surface area contributed by atoms with E-state index in [1.807, 2.05) is 133 Å². The summed E-state index contributed by atoms with van der Waals surface area (Å²) < 4.78 is 30.0. The third-order valence-corrected chi connectivity index (χ3v) is 13.7. The first-order chi connectivity index (χ1) is 19.6. The van der Waals surface area contributed by atoms with Crippen molar-refractivity contribution in [1.82, 2.24) is 0 Å². The molecule has 0 saturated carbocycles. The van der Waals surface area contributed by atoms with Crippen molar-refractivity contribution in [3.05, 3.63) is 169 Å². The summed E-state index contributed by atoms with van der Waals surface area (Å²) in [6, 6.07) is 51.7. The van der Waals surface area contributed by atoms with Crippen LogP contribution in [-0.4, -0.2) is 0 Å². The van der Waals surface area contributed by atoms with E-state index >= 15 is 9.13 Å². The molecule has 2 nitrogen and oxygen atoms in total. The first kappa shape index (κ1) is 26.3. The van der Waals surface area contributed by atoms with Gasteiger partial charge < -0.3 is 9.13 Å². The van der Waals surface area contributed by atoms with Crippen LogP contribution in [0.4, 0.5) is 0 Å². The van der Waals surface area contributed by atoms with Gasteiger partial charge in [-0.1, -0.05) is 158 Å². The molecule has 0 amide bonds. The van der Waals surface area contributed by atoms with Gasteiger partial charge in [0, 0.05) is 33.5 Å². The Hall–Kier alpha value is -3.96. The van der Waals surface area contributed by atoms with Gasteiger partial charge >= 0.3 is 0 Å². The highest BCUT2D eigenvalue weighted by Crippen LogP contribution is 2.51. The standard InChI is InChI=1S/C36H30O2P2/c37-39(32-19-5-1-6-20-32,33-21-7-2-8-22-33)27-30-17-13-15-29-16-14-18-31(36(29)30)28-40(38,34-23-9-3-10-24-34)35-25-11-4-12-26-35/h1-26H,27-28H2. The zero-order valence-electron chi connectivity index (χ0n) is 22.1. The Kier molecular flexibility index (Phi) is 7.40. The minimum Gasteiger partial charge on any atom is -0.313 e. The highest BCUT2D eigenvalue weighted by molar-refractivity contribution is 7.78. The van der Waals surface area contributed by atoms with Gasteiger partial charge in [0.1, 0.15) is 14.3 Å². The number of benzene rings is 6. The van der Waals surface area contributed by atoms with E-state index in [0.717, 1.165) is 43.1 Å². The first-order valence-corrected chi connectivity index (χ1v) is 17.3. The Morgan fingerprint density at radius 2 is 0.650 bits per heavy atom. The maximum Gasteiger partial charge on any atom is 0.147 e. The smallest absolute Gasteiger partial charge is 0.147 e. The molecule has 0 aliphatic carbocycles. The molecule has 0 fully saturated rings. The van der Waals surface area contributed by atoms with Crippen LogP contribution in [0.3, 0.4) is 0 Å². The fourth-order valence-corrected chi connectivity index (χ4v) is 11.0. The lowest BCUT2D eigenvalue weighted by Crippen LogP contribution is -2.18. The third kappa shape index (κ3) is 5.02. The maximum atomic E-state index is 15.0. The summed E-state index contributed by atoms with van der Waals surface area (Å²) in [5.41, 5.74) is 2.02. The Balaban J connectivity index is 1.52. The van der Waals surface area contributed by atoms with Crippen molar-refractivity contribution in [3.63, 3.8) is 0 Å². The van der Waals surface area contributed by atoms with Crippen LogP contribution in [0.2, 0.25) is 0 Å². The summed E-state index contributed by atoms with van der Waals surface area (Å²) in [4.78, 5) is 0. The second-order valence-electron chi connectivity index (χ2n) is 10.1. The summed E-state index contributed by atoms with van der Waals surface area (Å²) >= 11 is 0. The first-order valence-electron chi connectivity index (χ1n) is 13.5. The third-order valence-electron chi connectivity index (χ3n) is 7.56. The lowest BCUT2D eigenvalue weighted by molar-refractivity contribution is 0.586. The maximum absolute atomic E-state index is 15.0. The normalized spacial score (nSPS) is 11.9. The Morgan fingerprint density at radius 3 is 0.950 bits per heavy atom. The van der Waals surface area contributed by atoms with Gasteiger partial charge in [-0.15, -0.1) is 0 Å². The van der Waals surface area contributed by atoms with Crippen LogP contribution in [0.25, 0.3) is 10.8 Å². The highest BCUT2D eigenvalue weighted by atomic mass is 31.2. The van der Waals surface area contributed by atoms with Crippen molar-refractivity contribution in [2.45, 2.75) is 12.3 Å². The largest absolute Gasteiger partial charge is 0.313 e. The molecule has 196 valence electrons. The second-order valence-corrected chi connectivity index (χ2v) is 15.7. The zero-order valence-corrected chi connectivity index (χ0v) is 23.9. The van der Waals surface area contributed by atoms with Crippen LogP contribution in [-0.2, 0) is 21.5 Å². The fraction of sp³-hybridized carbons (Fsp3) is 0.0556. The van der Waals surface area contributed by atoms with Crippen molar-refractivity contribution in [1.29, 1.82) is 0 Å². The van der Waals surface area contributed by atoms with Crippen LogP contribution in [0.15, 0.2) is 158 Å². The Morgan fingerprint density at radius 1 is 0.350 bits per heavy atom. The number of hydrogen-bond acceptors (Lipinski definition) is 2. The SMILES string of the molecule is O=P(Cc1cccc2cccc(CP(=O)(c3ccccc3)c3ccccc3)c12)(c1ccccc1)c1ccccc1.